The van der Waals surface area contributed by atoms with Crippen LogP contribution in [0.1, 0.15) is 27.6 Å². The second-order valence-electron chi connectivity index (χ2n) is 4.23. The first-order valence-electron chi connectivity index (χ1n) is 5.96. The molecule has 9 nitrogen and oxygen atoms in total. The number of anilines is 1. The number of amides is 3. The standard InChI is InChI=1S/C12H11N3O6/c1-7(16)13-9-4-2-3-8-10(9)12(18)14(11(8)17)5-6-21-15(19)20/h2-4H,5-6H2,1H3,(H,13,16). The summed E-state index contributed by atoms with van der Waals surface area (Å²) in [6.07, 6.45) is 0. The van der Waals surface area contributed by atoms with Crippen molar-refractivity contribution in [1.82, 2.24) is 4.90 Å². The van der Waals surface area contributed by atoms with Gasteiger partial charge in [0.2, 0.25) is 5.91 Å². The molecule has 0 spiro atoms. The lowest BCUT2D eigenvalue weighted by Crippen LogP contribution is -2.33. The molecule has 2 rings (SSSR count). The van der Waals surface area contributed by atoms with Crippen LogP contribution in [0, 0.1) is 10.1 Å². The normalized spacial score (nSPS) is 13.1. The first-order valence-corrected chi connectivity index (χ1v) is 5.96. The van der Waals surface area contributed by atoms with Crippen LogP contribution in [0.4, 0.5) is 5.69 Å². The van der Waals surface area contributed by atoms with Gasteiger partial charge in [0.15, 0.2) is 0 Å². The summed E-state index contributed by atoms with van der Waals surface area (Å²) in [6, 6.07) is 4.49. The van der Waals surface area contributed by atoms with Crippen molar-refractivity contribution >= 4 is 23.4 Å². The number of nitrogens with one attached hydrogen (secondary N) is 1. The summed E-state index contributed by atoms with van der Waals surface area (Å²) < 4.78 is 0. The largest absolute Gasteiger partial charge is 0.326 e. The number of rotatable bonds is 5. The van der Waals surface area contributed by atoms with E-state index in [9.17, 15) is 24.5 Å². The summed E-state index contributed by atoms with van der Waals surface area (Å²) >= 11 is 0. The molecule has 110 valence electrons. The highest BCUT2D eigenvalue weighted by Gasteiger charge is 2.37. The Kier molecular flexibility index (Phi) is 3.83. The molecule has 1 N–H and O–H groups in total. The number of hydrogen-bond donors (Lipinski definition) is 1. The Morgan fingerprint density at radius 1 is 1.38 bits per heavy atom. The van der Waals surface area contributed by atoms with Crippen molar-refractivity contribution < 1.29 is 24.3 Å². The van der Waals surface area contributed by atoms with Crippen LogP contribution in [0.25, 0.3) is 0 Å². The second kappa shape index (κ2) is 5.57. The minimum Gasteiger partial charge on any atom is -0.326 e. The van der Waals surface area contributed by atoms with Crippen LogP contribution in [0.15, 0.2) is 18.2 Å². The van der Waals surface area contributed by atoms with Gasteiger partial charge in [-0.3, -0.25) is 19.3 Å². The molecule has 0 atom stereocenters. The first kappa shape index (κ1) is 14.4. The topological polar surface area (TPSA) is 119 Å². The van der Waals surface area contributed by atoms with E-state index in [4.69, 9.17) is 0 Å². The molecule has 0 saturated heterocycles. The maximum atomic E-state index is 12.2. The zero-order valence-corrected chi connectivity index (χ0v) is 11.0. The SMILES string of the molecule is CC(=O)Nc1cccc2c1C(=O)N(CCO[N+](=O)[O-])C2=O. The molecular weight excluding hydrogens is 282 g/mol. The number of carbonyl (C=O) groups excluding carboxylic acids is 3. The summed E-state index contributed by atoms with van der Waals surface area (Å²) in [7, 11) is 0. The molecular formula is C12H11N3O6. The zero-order chi connectivity index (χ0) is 15.6. The van der Waals surface area contributed by atoms with Gasteiger partial charge in [0.25, 0.3) is 16.9 Å². The molecule has 0 saturated carbocycles. The summed E-state index contributed by atoms with van der Waals surface area (Å²) in [5.41, 5.74) is 0.460. The first-order chi connectivity index (χ1) is 9.91. The molecule has 9 heteroatoms. The van der Waals surface area contributed by atoms with Gasteiger partial charge in [0, 0.05) is 6.92 Å². The fourth-order valence-electron chi connectivity index (χ4n) is 2.04. The van der Waals surface area contributed by atoms with Gasteiger partial charge in [-0.1, -0.05) is 6.07 Å². The number of fused-ring (bicyclic) bond motifs is 1. The summed E-state index contributed by atoms with van der Waals surface area (Å²) in [5, 5.41) is 11.6. The van der Waals surface area contributed by atoms with Gasteiger partial charge in [-0.2, -0.15) is 0 Å². The molecule has 1 heterocycles. The van der Waals surface area contributed by atoms with Crippen molar-refractivity contribution in [1.29, 1.82) is 0 Å². The van der Waals surface area contributed by atoms with E-state index in [1.54, 1.807) is 0 Å². The average molecular weight is 293 g/mol. The lowest BCUT2D eigenvalue weighted by Gasteiger charge is -2.12. The van der Waals surface area contributed by atoms with Gasteiger partial charge in [-0.25, -0.2) is 0 Å². The molecule has 1 aliphatic rings. The maximum Gasteiger partial charge on any atom is 0.294 e. The van der Waals surface area contributed by atoms with Crippen LogP contribution in [0.3, 0.4) is 0 Å². The Labute approximate surface area is 118 Å². The smallest absolute Gasteiger partial charge is 0.294 e. The molecule has 0 aliphatic carbocycles. The maximum absolute atomic E-state index is 12.2. The minimum absolute atomic E-state index is 0.0822. The van der Waals surface area contributed by atoms with Gasteiger partial charge in [0.05, 0.1) is 23.4 Å². The van der Waals surface area contributed by atoms with Gasteiger partial charge in [-0.15, -0.1) is 10.1 Å². The van der Waals surface area contributed by atoms with Gasteiger partial charge >= 0.3 is 0 Å². The predicted molar refractivity (Wildman–Crippen MR) is 69.1 cm³/mol. The molecule has 1 aromatic carbocycles. The Hall–Kier alpha value is -2.97. The number of nitrogens with zero attached hydrogens (tertiary/aromatic N) is 2. The quantitative estimate of drug-likeness (QED) is 0.478. The Morgan fingerprint density at radius 2 is 2.10 bits per heavy atom. The van der Waals surface area contributed by atoms with E-state index in [2.05, 4.69) is 10.2 Å². The molecule has 3 amide bonds. The van der Waals surface area contributed by atoms with Crippen molar-refractivity contribution in [2.24, 2.45) is 0 Å². The molecule has 0 unspecified atom stereocenters. The van der Waals surface area contributed by atoms with E-state index < -0.39 is 23.5 Å². The van der Waals surface area contributed by atoms with E-state index in [-0.39, 0.29) is 29.3 Å². The van der Waals surface area contributed by atoms with Crippen LogP contribution < -0.4 is 5.32 Å². The fraction of sp³-hybridized carbons (Fsp3) is 0.250. The van der Waals surface area contributed by atoms with E-state index in [1.165, 1.54) is 25.1 Å². The second-order valence-corrected chi connectivity index (χ2v) is 4.23. The van der Waals surface area contributed by atoms with Crippen molar-refractivity contribution in [3.8, 4) is 0 Å². The molecule has 1 aromatic rings. The molecule has 0 radical (unpaired) electrons. The number of imide groups is 1. The highest BCUT2D eigenvalue weighted by Crippen LogP contribution is 2.29. The van der Waals surface area contributed by atoms with Gasteiger partial charge in [-0.05, 0) is 12.1 Å². The molecule has 21 heavy (non-hydrogen) atoms. The lowest BCUT2D eigenvalue weighted by molar-refractivity contribution is -0.757. The van der Waals surface area contributed by atoms with E-state index >= 15 is 0 Å². The van der Waals surface area contributed by atoms with Crippen LogP contribution in [-0.4, -0.2) is 40.9 Å². The van der Waals surface area contributed by atoms with Crippen molar-refractivity contribution in [2.45, 2.75) is 6.92 Å². The average Bonchev–Trinajstić information content (AvgIpc) is 2.63. The predicted octanol–water partition coefficient (Wildman–Crippen LogP) is 0.449. The lowest BCUT2D eigenvalue weighted by atomic mass is 10.1. The van der Waals surface area contributed by atoms with Crippen LogP contribution in [0.5, 0.6) is 0 Å². The van der Waals surface area contributed by atoms with Gasteiger partial charge in [0.1, 0.15) is 6.61 Å². The molecule has 1 aliphatic heterocycles. The molecule has 0 fully saturated rings. The fourth-order valence-corrected chi connectivity index (χ4v) is 2.04. The van der Waals surface area contributed by atoms with Crippen LogP contribution >= 0.6 is 0 Å². The summed E-state index contributed by atoms with van der Waals surface area (Å²) in [5.74, 6) is -1.57. The van der Waals surface area contributed by atoms with E-state index in [0.717, 1.165) is 4.90 Å². The van der Waals surface area contributed by atoms with Crippen LogP contribution in [0.2, 0.25) is 0 Å². The Balaban J connectivity index is 2.25. The monoisotopic (exact) mass is 293 g/mol. The third-order valence-electron chi connectivity index (χ3n) is 2.82. The van der Waals surface area contributed by atoms with Crippen LogP contribution in [-0.2, 0) is 9.63 Å². The Morgan fingerprint density at radius 3 is 2.71 bits per heavy atom. The van der Waals surface area contributed by atoms with Crippen molar-refractivity contribution in [2.75, 3.05) is 18.5 Å². The number of hydrogen-bond acceptors (Lipinski definition) is 6. The zero-order valence-electron chi connectivity index (χ0n) is 11.0. The third-order valence-corrected chi connectivity index (χ3v) is 2.82. The number of carbonyl (C=O) groups is 3. The number of benzene rings is 1. The molecule has 0 bridgehead atoms. The molecule has 0 aromatic heterocycles. The third kappa shape index (κ3) is 2.81. The highest BCUT2D eigenvalue weighted by molar-refractivity contribution is 6.24. The van der Waals surface area contributed by atoms with Gasteiger partial charge < -0.3 is 10.2 Å². The summed E-state index contributed by atoms with van der Waals surface area (Å²) in [4.78, 5) is 50.4. The van der Waals surface area contributed by atoms with Crippen molar-refractivity contribution in [3.05, 3.63) is 39.4 Å². The Bertz CT molecular complexity index is 642. The van der Waals surface area contributed by atoms with E-state index in [1.807, 2.05) is 0 Å². The summed E-state index contributed by atoms with van der Waals surface area (Å²) in [6.45, 7) is 0.629. The highest BCUT2D eigenvalue weighted by atomic mass is 16.9. The van der Waals surface area contributed by atoms with Crippen molar-refractivity contribution in [3.63, 3.8) is 0 Å². The van der Waals surface area contributed by atoms with E-state index in [0.29, 0.717) is 0 Å². The minimum atomic E-state index is -0.999.